The normalized spacial score (nSPS) is 17.2. The zero-order valence-corrected chi connectivity index (χ0v) is 18.2. The van der Waals surface area contributed by atoms with E-state index >= 15 is 0 Å². The van der Waals surface area contributed by atoms with Crippen LogP contribution in [-0.4, -0.2) is 44.7 Å². The van der Waals surface area contributed by atoms with Crippen LogP contribution in [0.3, 0.4) is 0 Å². The van der Waals surface area contributed by atoms with E-state index in [2.05, 4.69) is 20.4 Å². The van der Waals surface area contributed by atoms with Gasteiger partial charge in [-0.05, 0) is 44.2 Å². The maximum absolute atomic E-state index is 12.2. The van der Waals surface area contributed by atoms with E-state index in [0.29, 0.717) is 5.95 Å². The number of allylic oxidation sites excluding steroid dienone is 2. The fourth-order valence-corrected chi connectivity index (χ4v) is 3.49. The molecule has 2 amide bonds. The molecule has 2 aromatic rings. The maximum atomic E-state index is 12.2. The van der Waals surface area contributed by atoms with Gasteiger partial charge in [-0.2, -0.15) is 18.3 Å². The molecule has 2 aromatic heterocycles. The molecule has 1 unspecified atom stereocenters. The Labute approximate surface area is 184 Å². The molecule has 1 atom stereocenters. The Kier molecular flexibility index (Phi) is 7.26. The van der Waals surface area contributed by atoms with Crippen LogP contribution in [-0.2, 0) is 7.05 Å². The first kappa shape index (κ1) is 23.4. The first-order chi connectivity index (χ1) is 15.1. The van der Waals surface area contributed by atoms with Crippen LogP contribution < -0.4 is 10.6 Å². The molecule has 32 heavy (non-hydrogen) atoms. The zero-order chi connectivity index (χ0) is 23.3. The monoisotopic (exact) mass is 449 g/mol. The van der Waals surface area contributed by atoms with Gasteiger partial charge in [0.2, 0.25) is 5.95 Å². The molecule has 11 heteroatoms. The van der Waals surface area contributed by atoms with Crippen molar-refractivity contribution in [2.24, 2.45) is 18.0 Å². The standard InChI is InChI=1S/C21H26F3N7O/c1-13-9-25-19(28-17-11-31(3)30-14(17)2)29-18(13)16-7-5-4-6-15(8-16)10-26-20(32)27-12-21(22,23)24/h8-11,15H,4-7,12H2,1-3H3,(H,27,32)(H,25,28,29). The number of hydrogen-bond acceptors (Lipinski definition) is 5. The number of urea groups is 1. The number of carbonyl (C=O) groups is 1. The second-order valence-electron chi connectivity index (χ2n) is 7.81. The molecular weight excluding hydrogens is 423 g/mol. The summed E-state index contributed by atoms with van der Waals surface area (Å²) in [6, 6.07) is -1.00. The number of aromatic nitrogens is 4. The summed E-state index contributed by atoms with van der Waals surface area (Å²) in [5.41, 5.74) is 4.34. The summed E-state index contributed by atoms with van der Waals surface area (Å²) in [5, 5.41) is 9.24. The fourth-order valence-electron chi connectivity index (χ4n) is 3.49. The topological polar surface area (TPSA) is 97.1 Å². The number of alkyl halides is 3. The molecule has 0 aliphatic heterocycles. The summed E-state index contributed by atoms with van der Waals surface area (Å²) >= 11 is 0. The van der Waals surface area contributed by atoms with Gasteiger partial charge >= 0.3 is 12.2 Å². The van der Waals surface area contributed by atoms with Crippen molar-refractivity contribution in [1.29, 1.82) is 0 Å². The van der Waals surface area contributed by atoms with Crippen molar-refractivity contribution in [1.82, 2.24) is 25.1 Å². The van der Waals surface area contributed by atoms with Gasteiger partial charge in [0.15, 0.2) is 0 Å². The molecule has 0 spiro atoms. The number of halogens is 3. The molecule has 2 heterocycles. The Morgan fingerprint density at radius 2 is 2.12 bits per heavy atom. The largest absolute Gasteiger partial charge is 0.405 e. The number of amides is 2. The number of anilines is 2. The highest BCUT2D eigenvalue weighted by Crippen LogP contribution is 2.30. The van der Waals surface area contributed by atoms with Gasteiger partial charge in [-0.25, -0.2) is 19.8 Å². The molecule has 2 N–H and O–H groups in total. The third-order valence-corrected chi connectivity index (χ3v) is 5.01. The summed E-state index contributed by atoms with van der Waals surface area (Å²) in [6.45, 7) is 2.41. The lowest BCUT2D eigenvalue weighted by Gasteiger charge is -2.12. The van der Waals surface area contributed by atoms with Crippen molar-refractivity contribution in [2.45, 2.75) is 45.7 Å². The van der Waals surface area contributed by atoms with E-state index in [-0.39, 0.29) is 5.92 Å². The number of rotatable bonds is 5. The Bertz CT molecular complexity index is 1030. The highest BCUT2D eigenvalue weighted by Gasteiger charge is 2.27. The van der Waals surface area contributed by atoms with Gasteiger partial charge in [-0.15, -0.1) is 0 Å². The van der Waals surface area contributed by atoms with Crippen molar-refractivity contribution in [2.75, 3.05) is 11.9 Å². The summed E-state index contributed by atoms with van der Waals surface area (Å²) in [6.07, 6.45) is 5.92. The first-order valence-electron chi connectivity index (χ1n) is 10.3. The van der Waals surface area contributed by atoms with Gasteiger partial charge in [0.05, 0.1) is 17.1 Å². The number of nitrogens with one attached hydrogen (secondary N) is 2. The summed E-state index contributed by atoms with van der Waals surface area (Å²) < 4.78 is 38.4. The molecule has 0 bridgehead atoms. The molecular formula is C21H26F3N7O. The molecule has 1 aliphatic carbocycles. The van der Waals surface area contributed by atoms with Crippen molar-refractivity contribution >= 4 is 29.5 Å². The van der Waals surface area contributed by atoms with E-state index < -0.39 is 18.8 Å². The maximum Gasteiger partial charge on any atom is 0.405 e. The lowest BCUT2D eigenvalue weighted by Crippen LogP contribution is -2.32. The van der Waals surface area contributed by atoms with Crippen LogP contribution >= 0.6 is 0 Å². The van der Waals surface area contributed by atoms with Crippen molar-refractivity contribution in [3.05, 3.63) is 35.4 Å². The van der Waals surface area contributed by atoms with Gasteiger partial charge in [0.1, 0.15) is 6.54 Å². The lowest BCUT2D eigenvalue weighted by molar-refractivity contribution is -0.122. The predicted molar refractivity (Wildman–Crippen MR) is 116 cm³/mol. The summed E-state index contributed by atoms with van der Waals surface area (Å²) in [7, 11) is 1.83. The van der Waals surface area contributed by atoms with Crippen LogP contribution in [0.1, 0.15) is 42.6 Å². The van der Waals surface area contributed by atoms with E-state index in [0.717, 1.165) is 53.9 Å². The fraction of sp³-hybridized carbons (Fsp3) is 0.476. The average molecular weight is 449 g/mol. The van der Waals surface area contributed by atoms with E-state index in [1.807, 2.05) is 33.2 Å². The Morgan fingerprint density at radius 1 is 1.34 bits per heavy atom. The van der Waals surface area contributed by atoms with Gasteiger partial charge in [0.25, 0.3) is 0 Å². The highest BCUT2D eigenvalue weighted by atomic mass is 19.4. The van der Waals surface area contributed by atoms with Crippen molar-refractivity contribution < 1.29 is 18.0 Å². The third-order valence-electron chi connectivity index (χ3n) is 5.01. The number of nitrogens with zero attached hydrogens (tertiary/aromatic N) is 5. The molecule has 0 saturated carbocycles. The lowest BCUT2D eigenvalue weighted by atomic mass is 10.0. The Balaban J connectivity index is 1.77. The van der Waals surface area contributed by atoms with Crippen molar-refractivity contribution in [3.63, 3.8) is 0 Å². The molecule has 172 valence electrons. The molecule has 0 fully saturated rings. The minimum Gasteiger partial charge on any atom is -0.327 e. The Morgan fingerprint density at radius 3 is 2.81 bits per heavy atom. The van der Waals surface area contributed by atoms with Gasteiger partial charge in [-0.3, -0.25) is 4.68 Å². The predicted octanol–water partition coefficient (Wildman–Crippen LogP) is 4.49. The van der Waals surface area contributed by atoms with Gasteiger partial charge < -0.3 is 10.6 Å². The van der Waals surface area contributed by atoms with Crippen LogP contribution in [0.2, 0.25) is 0 Å². The summed E-state index contributed by atoms with van der Waals surface area (Å²) in [5.74, 6) is 0.277. The summed E-state index contributed by atoms with van der Waals surface area (Å²) in [4.78, 5) is 24.3. The third kappa shape index (κ3) is 6.63. The number of aliphatic imine (C=N–C) groups is 1. The smallest absolute Gasteiger partial charge is 0.327 e. The number of aryl methyl sites for hydroxylation is 3. The van der Waals surface area contributed by atoms with E-state index in [9.17, 15) is 18.0 Å². The van der Waals surface area contributed by atoms with E-state index in [4.69, 9.17) is 4.98 Å². The molecule has 0 aromatic carbocycles. The first-order valence-corrected chi connectivity index (χ1v) is 10.3. The molecule has 0 saturated heterocycles. The minimum atomic E-state index is -4.47. The Hall–Kier alpha value is -3.24. The van der Waals surface area contributed by atoms with Gasteiger partial charge in [-0.1, -0.05) is 12.5 Å². The quantitative estimate of drug-likeness (QED) is 0.656. The minimum absolute atomic E-state index is 0.171. The highest BCUT2D eigenvalue weighted by molar-refractivity contribution is 5.85. The van der Waals surface area contributed by atoms with E-state index in [1.165, 1.54) is 6.21 Å². The zero-order valence-electron chi connectivity index (χ0n) is 18.2. The van der Waals surface area contributed by atoms with Crippen LogP contribution in [0.15, 0.2) is 23.5 Å². The van der Waals surface area contributed by atoms with Crippen LogP contribution in [0, 0.1) is 19.8 Å². The number of carbonyl (C=O) groups excluding carboxylic acids is 1. The second kappa shape index (κ2) is 9.92. The van der Waals surface area contributed by atoms with E-state index in [1.54, 1.807) is 16.2 Å². The van der Waals surface area contributed by atoms with Crippen molar-refractivity contribution in [3.8, 4) is 0 Å². The van der Waals surface area contributed by atoms with Crippen LogP contribution in [0.5, 0.6) is 0 Å². The molecule has 0 radical (unpaired) electrons. The molecule has 1 aliphatic rings. The molecule has 3 rings (SSSR count). The van der Waals surface area contributed by atoms with Crippen LogP contribution in [0.25, 0.3) is 5.57 Å². The number of hydrogen-bond donors (Lipinski definition) is 2. The SMILES string of the molecule is Cc1cnc(Nc2cn(C)nc2C)nc1C1=CC(C=NC(=O)NCC(F)(F)F)CCCC1. The average Bonchev–Trinajstić information content (AvgIpc) is 2.90. The van der Waals surface area contributed by atoms with Crippen LogP contribution in [0.4, 0.5) is 29.6 Å². The second-order valence-corrected chi connectivity index (χ2v) is 7.81. The van der Waals surface area contributed by atoms with Gasteiger partial charge in [0, 0.05) is 31.6 Å². The molecule has 8 nitrogen and oxygen atoms in total.